The molecule has 9 nitrogen and oxygen atoms in total. The molecule has 0 unspecified atom stereocenters. The van der Waals surface area contributed by atoms with Gasteiger partial charge in [0.15, 0.2) is 23.0 Å². The predicted octanol–water partition coefficient (Wildman–Crippen LogP) is 4.82. The highest BCUT2D eigenvalue weighted by Gasteiger charge is 2.37. The smallest absolute Gasteiger partial charge is 0.335 e. The van der Waals surface area contributed by atoms with Gasteiger partial charge in [-0.3, -0.25) is 14.9 Å². The predicted molar refractivity (Wildman–Crippen MR) is 138 cm³/mol. The summed E-state index contributed by atoms with van der Waals surface area (Å²) in [6.45, 7) is 2.60. The van der Waals surface area contributed by atoms with Crippen LogP contribution in [0.2, 0.25) is 0 Å². The standard InChI is InChI=1S/C27H21BrN2O7/c1-2-34-22-11-17(20(28)13-24(22)35-14-16-6-4-3-5-7-16)10-19-25(31)29-27(33)30(26(19)32)18-8-9-21-23(12-18)37-15-36-21/h3-13H,2,14-15H2,1H3,(H,29,31,33)/b19-10+. The number of anilines is 1. The van der Waals surface area contributed by atoms with Gasteiger partial charge in [0, 0.05) is 10.5 Å². The van der Waals surface area contributed by atoms with Crippen LogP contribution >= 0.6 is 15.9 Å². The average molecular weight is 565 g/mol. The minimum Gasteiger partial charge on any atom is -0.490 e. The molecule has 2 heterocycles. The Morgan fingerprint density at radius 1 is 0.973 bits per heavy atom. The average Bonchev–Trinajstić information content (AvgIpc) is 3.36. The number of carbonyl (C=O) groups excluding carboxylic acids is 3. The number of fused-ring (bicyclic) bond motifs is 1. The van der Waals surface area contributed by atoms with Crippen LogP contribution in [0.1, 0.15) is 18.1 Å². The van der Waals surface area contributed by atoms with Crippen LogP contribution in [0.25, 0.3) is 6.08 Å². The van der Waals surface area contributed by atoms with Crippen molar-refractivity contribution in [2.75, 3.05) is 18.3 Å². The molecule has 4 amide bonds. The van der Waals surface area contributed by atoms with E-state index in [4.69, 9.17) is 18.9 Å². The Morgan fingerprint density at radius 3 is 2.51 bits per heavy atom. The van der Waals surface area contributed by atoms with Gasteiger partial charge in [0.25, 0.3) is 11.8 Å². The Labute approximate surface area is 220 Å². The molecule has 1 saturated heterocycles. The number of barbiturate groups is 1. The van der Waals surface area contributed by atoms with Gasteiger partial charge in [0.1, 0.15) is 12.2 Å². The number of hydrogen-bond acceptors (Lipinski definition) is 7. The van der Waals surface area contributed by atoms with Gasteiger partial charge < -0.3 is 18.9 Å². The van der Waals surface area contributed by atoms with Gasteiger partial charge in [0.2, 0.25) is 6.79 Å². The lowest BCUT2D eigenvalue weighted by Crippen LogP contribution is -2.54. The summed E-state index contributed by atoms with van der Waals surface area (Å²) in [5.74, 6) is 0.262. The number of benzene rings is 3. The van der Waals surface area contributed by atoms with Crippen molar-refractivity contribution >= 4 is 45.5 Å². The van der Waals surface area contributed by atoms with Crippen LogP contribution in [0.4, 0.5) is 10.5 Å². The van der Waals surface area contributed by atoms with Crippen molar-refractivity contribution in [3.05, 3.63) is 81.8 Å². The Kier molecular flexibility index (Phi) is 6.82. The fourth-order valence-corrected chi connectivity index (χ4v) is 4.29. The first-order chi connectivity index (χ1) is 17.9. The van der Waals surface area contributed by atoms with Crippen LogP contribution < -0.4 is 29.2 Å². The molecule has 3 aromatic carbocycles. The topological polar surface area (TPSA) is 103 Å². The molecule has 0 aliphatic carbocycles. The molecule has 0 bridgehead atoms. The van der Waals surface area contributed by atoms with E-state index in [1.807, 2.05) is 37.3 Å². The first-order valence-electron chi connectivity index (χ1n) is 11.4. The SMILES string of the molecule is CCOc1cc(/C=C2\C(=O)NC(=O)N(c3ccc4c(c3)OCO4)C2=O)c(Br)cc1OCc1ccccc1. The van der Waals surface area contributed by atoms with Crippen molar-refractivity contribution in [2.24, 2.45) is 0 Å². The second kappa shape index (κ2) is 10.4. The van der Waals surface area contributed by atoms with E-state index in [2.05, 4.69) is 21.2 Å². The van der Waals surface area contributed by atoms with Gasteiger partial charge in [-0.25, -0.2) is 9.69 Å². The van der Waals surface area contributed by atoms with Crippen molar-refractivity contribution in [3.63, 3.8) is 0 Å². The Balaban J connectivity index is 1.46. The van der Waals surface area contributed by atoms with E-state index in [1.54, 1.807) is 24.3 Å². The lowest BCUT2D eigenvalue weighted by atomic mass is 10.1. The number of amides is 4. The molecule has 0 saturated carbocycles. The summed E-state index contributed by atoms with van der Waals surface area (Å²) >= 11 is 3.50. The largest absolute Gasteiger partial charge is 0.490 e. The molecule has 3 aromatic rings. The number of nitrogens with zero attached hydrogens (tertiary/aromatic N) is 1. The fourth-order valence-electron chi connectivity index (χ4n) is 3.85. The molecular weight excluding hydrogens is 544 g/mol. The van der Waals surface area contributed by atoms with Crippen molar-refractivity contribution in [1.29, 1.82) is 0 Å². The number of rotatable bonds is 7. The summed E-state index contributed by atoms with van der Waals surface area (Å²) in [6.07, 6.45) is 1.40. The fraction of sp³-hybridized carbons (Fsp3) is 0.148. The number of carbonyl (C=O) groups is 3. The summed E-state index contributed by atoms with van der Waals surface area (Å²) in [7, 11) is 0. The van der Waals surface area contributed by atoms with E-state index in [-0.39, 0.29) is 18.1 Å². The second-order valence-electron chi connectivity index (χ2n) is 8.02. The lowest BCUT2D eigenvalue weighted by molar-refractivity contribution is -0.122. The zero-order chi connectivity index (χ0) is 25.9. The zero-order valence-corrected chi connectivity index (χ0v) is 21.2. The van der Waals surface area contributed by atoms with Gasteiger partial charge in [-0.1, -0.05) is 46.3 Å². The van der Waals surface area contributed by atoms with E-state index < -0.39 is 17.8 Å². The Morgan fingerprint density at radius 2 is 1.73 bits per heavy atom. The zero-order valence-electron chi connectivity index (χ0n) is 19.7. The van der Waals surface area contributed by atoms with Crippen LogP contribution in [0.3, 0.4) is 0 Å². The molecular formula is C27H21BrN2O7. The summed E-state index contributed by atoms with van der Waals surface area (Å²) in [5.41, 5.74) is 1.50. The van der Waals surface area contributed by atoms with E-state index in [1.165, 1.54) is 12.1 Å². The highest BCUT2D eigenvalue weighted by Crippen LogP contribution is 2.38. The third-order valence-corrected chi connectivity index (χ3v) is 6.30. The molecule has 10 heteroatoms. The molecule has 37 heavy (non-hydrogen) atoms. The molecule has 188 valence electrons. The second-order valence-corrected chi connectivity index (χ2v) is 8.88. The molecule has 2 aliphatic rings. The van der Waals surface area contributed by atoms with Crippen LogP contribution in [-0.2, 0) is 16.2 Å². The van der Waals surface area contributed by atoms with E-state index in [0.29, 0.717) is 46.2 Å². The first-order valence-corrected chi connectivity index (χ1v) is 12.2. The molecule has 0 atom stereocenters. The van der Waals surface area contributed by atoms with Crippen LogP contribution in [0.5, 0.6) is 23.0 Å². The van der Waals surface area contributed by atoms with Gasteiger partial charge in [-0.15, -0.1) is 0 Å². The minimum absolute atomic E-state index is 0.0455. The third kappa shape index (κ3) is 5.01. The minimum atomic E-state index is -0.857. The Bertz CT molecular complexity index is 1420. The maximum atomic E-state index is 13.3. The van der Waals surface area contributed by atoms with Gasteiger partial charge in [-0.2, -0.15) is 0 Å². The number of nitrogens with one attached hydrogen (secondary N) is 1. The van der Waals surface area contributed by atoms with Crippen molar-refractivity contribution < 1.29 is 33.3 Å². The molecule has 0 spiro atoms. The molecule has 1 fully saturated rings. The van der Waals surface area contributed by atoms with Crippen LogP contribution in [0.15, 0.2) is 70.7 Å². The molecule has 5 rings (SSSR count). The molecule has 1 N–H and O–H groups in total. The summed E-state index contributed by atoms with van der Waals surface area (Å²) in [4.78, 5) is 39.5. The van der Waals surface area contributed by atoms with E-state index >= 15 is 0 Å². The van der Waals surface area contributed by atoms with E-state index in [9.17, 15) is 14.4 Å². The third-order valence-electron chi connectivity index (χ3n) is 5.62. The van der Waals surface area contributed by atoms with Crippen molar-refractivity contribution in [1.82, 2.24) is 5.32 Å². The number of imide groups is 2. The lowest BCUT2D eigenvalue weighted by Gasteiger charge is -2.26. The van der Waals surface area contributed by atoms with E-state index in [0.717, 1.165) is 10.5 Å². The van der Waals surface area contributed by atoms with Crippen LogP contribution in [0, 0.1) is 0 Å². The summed E-state index contributed by atoms with van der Waals surface area (Å²) < 4.78 is 22.9. The van der Waals surface area contributed by atoms with Gasteiger partial charge in [0.05, 0.1) is 12.3 Å². The van der Waals surface area contributed by atoms with Gasteiger partial charge in [-0.05, 0) is 48.4 Å². The normalized spacial score (nSPS) is 15.7. The summed E-state index contributed by atoms with van der Waals surface area (Å²) in [5, 5.41) is 2.22. The highest BCUT2D eigenvalue weighted by molar-refractivity contribution is 9.10. The van der Waals surface area contributed by atoms with Gasteiger partial charge >= 0.3 is 6.03 Å². The number of halogens is 1. The maximum absolute atomic E-state index is 13.3. The monoisotopic (exact) mass is 564 g/mol. The Hall–Kier alpha value is -4.31. The molecule has 2 aliphatic heterocycles. The molecule has 0 aromatic heterocycles. The number of urea groups is 1. The summed E-state index contributed by atoms with van der Waals surface area (Å²) in [6, 6.07) is 16.9. The number of hydrogen-bond donors (Lipinski definition) is 1. The number of ether oxygens (including phenoxy) is 4. The maximum Gasteiger partial charge on any atom is 0.335 e. The highest BCUT2D eigenvalue weighted by atomic mass is 79.9. The quantitative estimate of drug-likeness (QED) is 0.324. The first kappa shape index (κ1) is 24.4. The van der Waals surface area contributed by atoms with Crippen molar-refractivity contribution in [3.8, 4) is 23.0 Å². The van der Waals surface area contributed by atoms with Crippen molar-refractivity contribution in [2.45, 2.75) is 13.5 Å². The molecule has 0 radical (unpaired) electrons. The van der Waals surface area contributed by atoms with Crippen LogP contribution in [-0.4, -0.2) is 31.2 Å².